The highest BCUT2D eigenvalue weighted by molar-refractivity contribution is 6.31. The number of nitrogens with zero attached hydrogens (tertiary/aromatic N) is 1. The fourth-order valence-electron chi connectivity index (χ4n) is 2.20. The number of morpholine rings is 1. The predicted octanol–water partition coefficient (Wildman–Crippen LogP) is 2.68. The van der Waals surface area contributed by atoms with Gasteiger partial charge in [0.25, 0.3) is 0 Å². The van der Waals surface area contributed by atoms with Crippen LogP contribution in [-0.2, 0) is 20.5 Å². The van der Waals surface area contributed by atoms with Gasteiger partial charge in [-0.15, -0.1) is 0 Å². The molecular weight excluding hydrogens is 351 g/mol. The summed E-state index contributed by atoms with van der Waals surface area (Å²) in [6, 6.07) is 2.12. The summed E-state index contributed by atoms with van der Waals surface area (Å²) in [5.74, 6) is -1.82. The van der Waals surface area contributed by atoms with Crippen LogP contribution in [0.4, 0.5) is 13.2 Å². The average Bonchev–Trinajstić information content (AvgIpc) is 2.52. The van der Waals surface area contributed by atoms with Gasteiger partial charge in [-0.25, -0.2) is 4.79 Å². The van der Waals surface area contributed by atoms with Gasteiger partial charge in [-0.1, -0.05) is 17.7 Å². The van der Waals surface area contributed by atoms with Gasteiger partial charge in [0.2, 0.25) is 5.91 Å². The lowest BCUT2D eigenvalue weighted by atomic mass is 10.1. The van der Waals surface area contributed by atoms with Crippen LogP contribution in [0.3, 0.4) is 0 Å². The number of ether oxygens (including phenoxy) is 1. The SMILES string of the molecule is O=C(O)C1COCCN1C(=O)/C=C/c1ccc(Cl)c(C(F)(F)F)c1. The van der Waals surface area contributed by atoms with E-state index in [4.69, 9.17) is 21.4 Å². The minimum atomic E-state index is -4.61. The maximum atomic E-state index is 12.8. The van der Waals surface area contributed by atoms with Crippen molar-refractivity contribution in [2.45, 2.75) is 12.2 Å². The van der Waals surface area contributed by atoms with E-state index in [1.807, 2.05) is 0 Å². The highest BCUT2D eigenvalue weighted by Crippen LogP contribution is 2.35. The quantitative estimate of drug-likeness (QED) is 0.838. The maximum Gasteiger partial charge on any atom is 0.417 e. The Hall–Kier alpha value is -2.06. The van der Waals surface area contributed by atoms with Gasteiger partial charge in [-0.05, 0) is 23.8 Å². The topological polar surface area (TPSA) is 66.8 Å². The van der Waals surface area contributed by atoms with Crippen LogP contribution in [0.5, 0.6) is 0 Å². The first kappa shape index (κ1) is 18.3. The number of carbonyl (C=O) groups excluding carboxylic acids is 1. The third-order valence-corrected chi connectivity index (χ3v) is 3.74. The van der Waals surface area contributed by atoms with Crippen LogP contribution >= 0.6 is 11.6 Å². The number of benzene rings is 1. The molecule has 1 unspecified atom stereocenters. The molecule has 130 valence electrons. The molecule has 0 radical (unpaired) electrons. The van der Waals surface area contributed by atoms with Gasteiger partial charge in [0.15, 0.2) is 6.04 Å². The molecule has 1 aliphatic heterocycles. The Bertz CT molecular complexity index is 675. The van der Waals surface area contributed by atoms with Crippen molar-refractivity contribution in [1.29, 1.82) is 0 Å². The van der Waals surface area contributed by atoms with Gasteiger partial charge in [-0.2, -0.15) is 13.2 Å². The summed E-state index contributed by atoms with van der Waals surface area (Å²) < 4.78 is 43.4. The van der Waals surface area contributed by atoms with E-state index in [1.165, 1.54) is 12.1 Å². The molecule has 1 atom stereocenters. The molecule has 1 aliphatic rings. The summed E-state index contributed by atoms with van der Waals surface area (Å²) >= 11 is 5.52. The maximum absolute atomic E-state index is 12.8. The van der Waals surface area contributed by atoms with Crippen molar-refractivity contribution in [2.75, 3.05) is 19.8 Å². The Labute approximate surface area is 140 Å². The zero-order valence-corrected chi connectivity index (χ0v) is 13.0. The predicted molar refractivity (Wildman–Crippen MR) is 79.4 cm³/mol. The van der Waals surface area contributed by atoms with Crippen molar-refractivity contribution in [1.82, 2.24) is 4.90 Å². The van der Waals surface area contributed by atoms with E-state index in [2.05, 4.69) is 0 Å². The first-order valence-corrected chi connectivity index (χ1v) is 7.24. The monoisotopic (exact) mass is 363 g/mol. The van der Waals surface area contributed by atoms with E-state index in [1.54, 1.807) is 0 Å². The van der Waals surface area contributed by atoms with Crippen molar-refractivity contribution >= 4 is 29.6 Å². The number of carboxylic acids is 1. The summed E-state index contributed by atoms with van der Waals surface area (Å²) in [5.41, 5.74) is -0.881. The summed E-state index contributed by atoms with van der Waals surface area (Å²) in [7, 11) is 0. The molecule has 2 rings (SSSR count). The smallest absolute Gasteiger partial charge is 0.417 e. The van der Waals surface area contributed by atoms with E-state index >= 15 is 0 Å². The first-order chi connectivity index (χ1) is 11.2. The Morgan fingerprint density at radius 3 is 2.71 bits per heavy atom. The number of hydrogen-bond donors (Lipinski definition) is 1. The first-order valence-electron chi connectivity index (χ1n) is 6.86. The molecule has 0 spiro atoms. The fraction of sp³-hybridized carbons (Fsp3) is 0.333. The number of aliphatic carboxylic acids is 1. The number of carbonyl (C=O) groups is 2. The van der Waals surface area contributed by atoms with E-state index in [0.717, 1.165) is 23.1 Å². The minimum absolute atomic E-state index is 0.0918. The molecule has 0 aliphatic carbocycles. The molecule has 9 heteroatoms. The van der Waals surface area contributed by atoms with E-state index in [0.29, 0.717) is 0 Å². The molecule has 1 aromatic carbocycles. The van der Waals surface area contributed by atoms with Crippen molar-refractivity contribution < 1.29 is 32.6 Å². The standard InChI is InChI=1S/C15H13ClF3NO4/c16-11-3-1-9(7-10(11)15(17,18)19)2-4-13(21)20-5-6-24-8-12(20)14(22)23/h1-4,7,12H,5-6,8H2,(H,22,23)/b4-2+. The number of rotatable bonds is 3. The van der Waals surface area contributed by atoms with Crippen LogP contribution in [-0.4, -0.2) is 47.7 Å². The summed E-state index contributed by atoms with van der Waals surface area (Å²) in [6.45, 7) is 0.158. The Kier molecular flexibility index (Phi) is 5.51. The molecule has 5 nitrogen and oxygen atoms in total. The van der Waals surface area contributed by atoms with Crippen LogP contribution in [0.1, 0.15) is 11.1 Å². The van der Waals surface area contributed by atoms with Crippen LogP contribution in [0.15, 0.2) is 24.3 Å². The fourth-order valence-corrected chi connectivity index (χ4v) is 2.42. The number of amides is 1. The summed E-state index contributed by atoms with van der Waals surface area (Å²) in [4.78, 5) is 24.3. The molecule has 0 saturated carbocycles. The van der Waals surface area contributed by atoms with Crippen LogP contribution in [0.2, 0.25) is 5.02 Å². The molecule has 1 N–H and O–H groups in total. The molecule has 1 aromatic rings. The number of carboxylic acid groups (broad SMARTS) is 1. The van der Waals surface area contributed by atoms with Gasteiger partial charge < -0.3 is 14.7 Å². The molecule has 1 fully saturated rings. The highest BCUT2D eigenvalue weighted by atomic mass is 35.5. The second-order valence-electron chi connectivity index (χ2n) is 5.03. The second-order valence-corrected chi connectivity index (χ2v) is 5.44. The highest BCUT2D eigenvalue weighted by Gasteiger charge is 2.33. The second kappa shape index (κ2) is 7.23. The Morgan fingerprint density at radius 2 is 2.08 bits per heavy atom. The lowest BCUT2D eigenvalue weighted by molar-refractivity contribution is -0.156. The third-order valence-electron chi connectivity index (χ3n) is 3.41. The van der Waals surface area contributed by atoms with Gasteiger partial charge in [-0.3, -0.25) is 4.79 Å². The lowest BCUT2D eigenvalue weighted by Gasteiger charge is -2.32. The zero-order valence-electron chi connectivity index (χ0n) is 12.2. The molecule has 1 heterocycles. The van der Waals surface area contributed by atoms with Crippen LogP contribution < -0.4 is 0 Å². The van der Waals surface area contributed by atoms with E-state index < -0.39 is 34.7 Å². The van der Waals surface area contributed by atoms with Gasteiger partial charge in [0.05, 0.1) is 23.8 Å². The zero-order chi connectivity index (χ0) is 17.9. The number of halogens is 4. The molecule has 1 saturated heterocycles. The van der Waals surface area contributed by atoms with Crippen molar-refractivity contribution in [3.05, 3.63) is 40.4 Å². The molecule has 0 aromatic heterocycles. The van der Waals surface area contributed by atoms with E-state index in [9.17, 15) is 22.8 Å². The average molecular weight is 364 g/mol. The Morgan fingerprint density at radius 1 is 1.38 bits per heavy atom. The van der Waals surface area contributed by atoms with Crippen LogP contribution in [0, 0.1) is 0 Å². The minimum Gasteiger partial charge on any atom is -0.480 e. The normalized spacial score (nSPS) is 18.8. The van der Waals surface area contributed by atoms with Crippen LogP contribution in [0.25, 0.3) is 6.08 Å². The van der Waals surface area contributed by atoms with Crippen molar-refractivity contribution in [3.8, 4) is 0 Å². The molecule has 1 amide bonds. The van der Waals surface area contributed by atoms with E-state index in [-0.39, 0.29) is 25.3 Å². The molecule has 24 heavy (non-hydrogen) atoms. The summed E-state index contributed by atoms with van der Waals surface area (Å²) in [5, 5.41) is 8.62. The van der Waals surface area contributed by atoms with Gasteiger partial charge in [0, 0.05) is 12.6 Å². The number of hydrogen-bond acceptors (Lipinski definition) is 3. The van der Waals surface area contributed by atoms with Gasteiger partial charge >= 0.3 is 12.1 Å². The van der Waals surface area contributed by atoms with Crippen molar-refractivity contribution in [3.63, 3.8) is 0 Å². The molecular formula is C15H13ClF3NO4. The Balaban J connectivity index is 2.18. The van der Waals surface area contributed by atoms with Crippen molar-refractivity contribution in [2.24, 2.45) is 0 Å². The number of alkyl halides is 3. The third kappa shape index (κ3) is 4.27. The largest absolute Gasteiger partial charge is 0.480 e. The summed E-state index contributed by atoms with van der Waals surface area (Å²) in [6.07, 6.45) is -2.39. The molecule has 0 bridgehead atoms. The van der Waals surface area contributed by atoms with Gasteiger partial charge in [0.1, 0.15) is 0 Å². The lowest BCUT2D eigenvalue weighted by Crippen LogP contribution is -2.52.